The number of allylic oxidation sites excluding steroid dienone is 1. The lowest BCUT2D eigenvalue weighted by molar-refractivity contribution is 0.166. The minimum Gasteiger partial charge on any atom is -0.496 e. The molecule has 0 amide bonds. The van der Waals surface area contributed by atoms with Crippen LogP contribution < -0.4 is 14.8 Å². The summed E-state index contributed by atoms with van der Waals surface area (Å²) in [5.41, 5.74) is 1.00. The zero-order valence-electron chi connectivity index (χ0n) is 13.1. The fourth-order valence-corrected chi connectivity index (χ4v) is 2.58. The summed E-state index contributed by atoms with van der Waals surface area (Å²) in [5.74, 6) is 2.61. The van der Waals surface area contributed by atoms with E-state index in [-0.39, 0.29) is 6.04 Å². The predicted molar refractivity (Wildman–Crippen MR) is 83.8 cm³/mol. The van der Waals surface area contributed by atoms with Crippen molar-refractivity contribution in [3.63, 3.8) is 0 Å². The lowest BCUT2D eigenvalue weighted by atomic mass is 10.00. The van der Waals surface area contributed by atoms with E-state index in [0.29, 0.717) is 0 Å². The molecular formula is C17H25NO3. The van der Waals surface area contributed by atoms with Gasteiger partial charge in [0.25, 0.3) is 0 Å². The van der Waals surface area contributed by atoms with Crippen molar-refractivity contribution in [1.82, 2.24) is 5.32 Å². The number of ether oxygens (including phenoxy) is 3. The molecule has 0 aliphatic carbocycles. The minimum absolute atomic E-state index is 0.0312. The van der Waals surface area contributed by atoms with E-state index in [0.717, 1.165) is 55.2 Å². The Morgan fingerprint density at radius 3 is 2.48 bits per heavy atom. The second-order valence-corrected chi connectivity index (χ2v) is 5.06. The Balaban J connectivity index is 2.42. The molecule has 0 aromatic heterocycles. The van der Waals surface area contributed by atoms with Crippen LogP contribution in [0.1, 0.15) is 37.8 Å². The highest BCUT2D eigenvalue weighted by Gasteiger charge is 2.26. The maximum atomic E-state index is 5.88. The standard InChI is InChI=1S/C17H25NO3/c1-4-11-18-17(15-8-5-6-12-21-15)16-13(19-2)9-7-10-14(16)20-3/h7-10,17-18H,4-6,11-12H2,1-3H3. The fourth-order valence-electron chi connectivity index (χ4n) is 2.58. The van der Waals surface area contributed by atoms with Gasteiger partial charge in [0.15, 0.2) is 0 Å². The van der Waals surface area contributed by atoms with Gasteiger partial charge in [0, 0.05) is 0 Å². The molecule has 1 aliphatic rings. The Kier molecular flexibility index (Phi) is 5.93. The molecule has 1 heterocycles. The van der Waals surface area contributed by atoms with E-state index in [9.17, 15) is 0 Å². The molecule has 0 saturated carbocycles. The van der Waals surface area contributed by atoms with Gasteiger partial charge in [-0.25, -0.2) is 0 Å². The molecule has 116 valence electrons. The first-order valence-corrected chi connectivity index (χ1v) is 7.59. The first-order valence-electron chi connectivity index (χ1n) is 7.59. The molecule has 0 spiro atoms. The smallest absolute Gasteiger partial charge is 0.127 e. The molecule has 0 bridgehead atoms. The van der Waals surface area contributed by atoms with Gasteiger partial charge in [-0.1, -0.05) is 13.0 Å². The molecule has 2 rings (SSSR count). The molecule has 1 atom stereocenters. The summed E-state index contributed by atoms with van der Waals surface area (Å²) in [4.78, 5) is 0. The van der Waals surface area contributed by atoms with Gasteiger partial charge in [0.1, 0.15) is 17.3 Å². The second-order valence-electron chi connectivity index (χ2n) is 5.06. The topological polar surface area (TPSA) is 39.7 Å². The first kappa shape index (κ1) is 15.7. The van der Waals surface area contributed by atoms with Gasteiger partial charge in [-0.05, 0) is 44.0 Å². The van der Waals surface area contributed by atoms with Crippen LogP contribution >= 0.6 is 0 Å². The molecule has 1 unspecified atom stereocenters. The summed E-state index contributed by atoms with van der Waals surface area (Å²) < 4.78 is 17.0. The summed E-state index contributed by atoms with van der Waals surface area (Å²) in [6, 6.07) is 5.83. The van der Waals surface area contributed by atoms with Crippen molar-refractivity contribution in [3.05, 3.63) is 35.6 Å². The van der Waals surface area contributed by atoms with Gasteiger partial charge in [0.2, 0.25) is 0 Å². The van der Waals surface area contributed by atoms with E-state index in [2.05, 4.69) is 18.3 Å². The Morgan fingerprint density at radius 2 is 1.95 bits per heavy atom. The van der Waals surface area contributed by atoms with Gasteiger partial charge in [-0.2, -0.15) is 0 Å². The van der Waals surface area contributed by atoms with E-state index in [1.54, 1.807) is 14.2 Å². The molecule has 1 aliphatic heterocycles. The normalized spacial score (nSPS) is 15.9. The van der Waals surface area contributed by atoms with Crippen LogP contribution in [0.3, 0.4) is 0 Å². The van der Waals surface area contributed by atoms with Crippen LogP contribution in [0.5, 0.6) is 11.5 Å². The summed E-state index contributed by atoms with van der Waals surface area (Å²) >= 11 is 0. The van der Waals surface area contributed by atoms with Crippen molar-refractivity contribution in [1.29, 1.82) is 0 Å². The van der Waals surface area contributed by atoms with Crippen LogP contribution in [0.2, 0.25) is 0 Å². The average molecular weight is 291 g/mol. The van der Waals surface area contributed by atoms with Crippen LogP contribution in [-0.2, 0) is 4.74 Å². The van der Waals surface area contributed by atoms with Gasteiger partial charge in [-0.3, -0.25) is 0 Å². The molecule has 0 saturated heterocycles. The van der Waals surface area contributed by atoms with Crippen molar-refractivity contribution in [2.45, 2.75) is 32.2 Å². The molecule has 1 aromatic rings. The zero-order chi connectivity index (χ0) is 15.1. The van der Waals surface area contributed by atoms with Crippen LogP contribution in [0.15, 0.2) is 30.0 Å². The maximum Gasteiger partial charge on any atom is 0.127 e. The van der Waals surface area contributed by atoms with Crippen molar-refractivity contribution in [2.24, 2.45) is 0 Å². The highest BCUT2D eigenvalue weighted by Crippen LogP contribution is 2.38. The average Bonchev–Trinajstić information content (AvgIpc) is 2.56. The van der Waals surface area contributed by atoms with E-state index in [1.807, 2.05) is 18.2 Å². The summed E-state index contributed by atoms with van der Waals surface area (Å²) in [6.45, 7) is 3.83. The molecule has 0 radical (unpaired) electrons. The monoisotopic (exact) mass is 291 g/mol. The largest absolute Gasteiger partial charge is 0.496 e. The van der Waals surface area contributed by atoms with Gasteiger partial charge >= 0.3 is 0 Å². The zero-order valence-corrected chi connectivity index (χ0v) is 13.1. The number of hydrogen-bond acceptors (Lipinski definition) is 4. The summed E-state index contributed by atoms with van der Waals surface area (Å²) in [7, 11) is 3.37. The quantitative estimate of drug-likeness (QED) is 0.835. The summed E-state index contributed by atoms with van der Waals surface area (Å²) in [6.07, 6.45) is 5.36. The third-order valence-corrected chi connectivity index (χ3v) is 3.60. The van der Waals surface area contributed by atoms with Crippen LogP contribution in [0.4, 0.5) is 0 Å². The van der Waals surface area contributed by atoms with E-state index < -0.39 is 0 Å². The van der Waals surface area contributed by atoms with Crippen molar-refractivity contribution < 1.29 is 14.2 Å². The molecule has 1 aromatic carbocycles. The van der Waals surface area contributed by atoms with Crippen molar-refractivity contribution >= 4 is 0 Å². The minimum atomic E-state index is -0.0312. The highest BCUT2D eigenvalue weighted by atomic mass is 16.5. The first-order chi connectivity index (χ1) is 10.3. The number of rotatable bonds is 7. The van der Waals surface area contributed by atoms with Crippen LogP contribution in [-0.4, -0.2) is 27.4 Å². The lowest BCUT2D eigenvalue weighted by Crippen LogP contribution is -2.27. The summed E-state index contributed by atoms with van der Waals surface area (Å²) in [5, 5.41) is 3.55. The Labute approximate surface area is 127 Å². The number of hydrogen-bond donors (Lipinski definition) is 1. The fraction of sp³-hybridized carbons (Fsp3) is 0.529. The molecule has 21 heavy (non-hydrogen) atoms. The number of benzene rings is 1. The van der Waals surface area contributed by atoms with Gasteiger partial charge < -0.3 is 19.5 Å². The molecule has 1 N–H and O–H groups in total. The number of methoxy groups -OCH3 is 2. The van der Waals surface area contributed by atoms with Gasteiger partial charge in [0.05, 0.1) is 32.4 Å². The third kappa shape index (κ3) is 3.70. The molecular weight excluding hydrogens is 266 g/mol. The lowest BCUT2D eigenvalue weighted by Gasteiger charge is -2.27. The number of nitrogens with one attached hydrogen (secondary N) is 1. The SMILES string of the molecule is CCCNC(C1=CCCCO1)c1c(OC)cccc1OC. The van der Waals surface area contributed by atoms with Crippen molar-refractivity contribution in [3.8, 4) is 11.5 Å². The van der Waals surface area contributed by atoms with Gasteiger partial charge in [-0.15, -0.1) is 0 Å². The van der Waals surface area contributed by atoms with Crippen molar-refractivity contribution in [2.75, 3.05) is 27.4 Å². The van der Waals surface area contributed by atoms with E-state index in [4.69, 9.17) is 14.2 Å². The molecule has 4 nitrogen and oxygen atoms in total. The van der Waals surface area contributed by atoms with E-state index >= 15 is 0 Å². The third-order valence-electron chi connectivity index (χ3n) is 3.60. The highest BCUT2D eigenvalue weighted by molar-refractivity contribution is 5.49. The van der Waals surface area contributed by atoms with Crippen LogP contribution in [0, 0.1) is 0 Å². The Hall–Kier alpha value is -1.68. The Morgan fingerprint density at radius 1 is 1.24 bits per heavy atom. The van der Waals surface area contributed by atoms with E-state index in [1.165, 1.54) is 0 Å². The predicted octanol–water partition coefficient (Wildman–Crippen LogP) is 3.44. The molecule has 4 heteroatoms. The molecule has 0 fully saturated rings. The maximum absolute atomic E-state index is 5.88. The second kappa shape index (κ2) is 7.93. The van der Waals surface area contributed by atoms with Crippen LogP contribution in [0.25, 0.3) is 0 Å². The Bertz CT molecular complexity index is 463.